The SMILES string of the molecule is CC(C)(C)NCC(CNC(C)(C)C)OC(c1ccccc1)c1ccccc1. The second-order valence-corrected chi connectivity index (χ2v) is 9.22. The van der Waals surface area contributed by atoms with Crippen LogP contribution in [0.4, 0.5) is 0 Å². The average molecular weight is 369 g/mol. The summed E-state index contributed by atoms with van der Waals surface area (Å²) in [5.74, 6) is 0. The molecular formula is C24H36N2O. The van der Waals surface area contributed by atoms with Crippen LogP contribution in [0.3, 0.4) is 0 Å². The zero-order valence-corrected chi connectivity index (χ0v) is 17.8. The first-order valence-electron chi connectivity index (χ1n) is 9.89. The first-order chi connectivity index (χ1) is 12.6. The third kappa shape index (κ3) is 8.25. The number of ether oxygens (including phenoxy) is 1. The van der Waals surface area contributed by atoms with Gasteiger partial charge in [0.25, 0.3) is 0 Å². The fourth-order valence-electron chi connectivity index (χ4n) is 2.81. The molecule has 3 nitrogen and oxygen atoms in total. The Hall–Kier alpha value is -1.68. The van der Waals surface area contributed by atoms with E-state index in [2.05, 4.69) is 101 Å². The summed E-state index contributed by atoms with van der Waals surface area (Å²) in [7, 11) is 0. The van der Waals surface area contributed by atoms with E-state index in [9.17, 15) is 0 Å². The molecule has 2 aromatic carbocycles. The van der Waals surface area contributed by atoms with Gasteiger partial charge in [-0.2, -0.15) is 0 Å². The number of nitrogens with one attached hydrogen (secondary N) is 2. The first kappa shape index (κ1) is 21.6. The molecule has 0 aliphatic rings. The van der Waals surface area contributed by atoms with Crippen molar-refractivity contribution in [3.8, 4) is 0 Å². The molecular weight excluding hydrogens is 332 g/mol. The van der Waals surface area contributed by atoms with Gasteiger partial charge in [-0.15, -0.1) is 0 Å². The molecule has 0 aliphatic carbocycles. The fourth-order valence-corrected chi connectivity index (χ4v) is 2.81. The predicted octanol–water partition coefficient (Wildman–Crippen LogP) is 4.94. The van der Waals surface area contributed by atoms with Crippen LogP contribution in [-0.2, 0) is 4.74 Å². The third-order valence-corrected chi connectivity index (χ3v) is 4.25. The zero-order valence-electron chi connectivity index (χ0n) is 17.8. The highest BCUT2D eigenvalue weighted by molar-refractivity contribution is 5.30. The van der Waals surface area contributed by atoms with E-state index in [0.717, 1.165) is 13.1 Å². The maximum atomic E-state index is 6.69. The van der Waals surface area contributed by atoms with Crippen molar-refractivity contribution in [1.29, 1.82) is 0 Å². The highest BCUT2D eigenvalue weighted by Gasteiger charge is 2.23. The summed E-state index contributed by atoms with van der Waals surface area (Å²) < 4.78 is 6.69. The molecule has 2 aromatic rings. The largest absolute Gasteiger partial charge is 0.363 e. The number of hydrogen-bond donors (Lipinski definition) is 2. The van der Waals surface area contributed by atoms with E-state index in [0.29, 0.717) is 0 Å². The van der Waals surface area contributed by atoms with Gasteiger partial charge in [0.2, 0.25) is 0 Å². The van der Waals surface area contributed by atoms with E-state index in [1.54, 1.807) is 0 Å². The molecule has 2 rings (SSSR count). The van der Waals surface area contributed by atoms with Gasteiger partial charge in [-0.3, -0.25) is 0 Å². The van der Waals surface area contributed by atoms with Gasteiger partial charge in [-0.25, -0.2) is 0 Å². The van der Waals surface area contributed by atoms with E-state index in [4.69, 9.17) is 4.74 Å². The van der Waals surface area contributed by atoms with Gasteiger partial charge in [0.15, 0.2) is 0 Å². The molecule has 0 radical (unpaired) electrons. The Morgan fingerprint density at radius 1 is 0.667 bits per heavy atom. The minimum Gasteiger partial charge on any atom is -0.363 e. The summed E-state index contributed by atoms with van der Waals surface area (Å²) in [5.41, 5.74) is 2.47. The summed E-state index contributed by atoms with van der Waals surface area (Å²) in [6.45, 7) is 14.7. The molecule has 0 unspecified atom stereocenters. The molecule has 2 N–H and O–H groups in total. The maximum absolute atomic E-state index is 6.69. The summed E-state index contributed by atoms with van der Waals surface area (Å²) in [5, 5.41) is 7.20. The first-order valence-corrected chi connectivity index (χ1v) is 9.89. The zero-order chi connectivity index (χ0) is 19.9. The van der Waals surface area contributed by atoms with Crippen LogP contribution in [0.2, 0.25) is 0 Å². The Kier molecular flexibility index (Phi) is 7.60. The van der Waals surface area contributed by atoms with Crippen molar-refractivity contribution in [2.24, 2.45) is 0 Å². The Balaban J connectivity index is 2.22. The van der Waals surface area contributed by atoms with E-state index >= 15 is 0 Å². The van der Waals surface area contributed by atoms with Crippen molar-refractivity contribution in [1.82, 2.24) is 10.6 Å². The molecule has 27 heavy (non-hydrogen) atoms. The molecule has 148 valence electrons. The fraction of sp³-hybridized carbons (Fsp3) is 0.500. The Morgan fingerprint density at radius 3 is 1.37 bits per heavy atom. The van der Waals surface area contributed by atoms with E-state index in [-0.39, 0.29) is 23.3 Å². The van der Waals surface area contributed by atoms with Crippen molar-refractivity contribution in [3.05, 3.63) is 71.8 Å². The van der Waals surface area contributed by atoms with Gasteiger partial charge >= 0.3 is 0 Å². The quantitative estimate of drug-likeness (QED) is 0.692. The monoisotopic (exact) mass is 368 g/mol. The molecule has 0 amide bonds. The van der Waals surface area contributed by atoms with Crippen LogP contribution in [-0.4, -0.2) is 30.3 Å². The van der Waals surface area contributed by atoms with Crippen LogP contribution in [0.1, 0.15) is 58.8 Å². The molecule has 0 fully saturated rings. The topological polar surface area (TPSA) is 33.3 Å². The molecule has 0 spiro atoms. The van der Waals surface area contributed by atoms with E-state index in [1.807, 2.05) is 12.1 Å². The second kappa shape index (κ2) is 9.50. The second-order valence-electron chi connectivity index (χ2n) is 9.22. The highest BCUT2D eigenvalue weighted by atomic mass is 16.5. The lowest BCUT2D eigenvalue weighted by Gasteiger charge is -2.31. The molecule has 0 saturated carbocycles. The van der Waals surface area contributed by atoms with Crippen molar-refractivity contribution in [2.45, 2.75) is 64.8 Å². The van der Waals surface area contributed by atoms with Crippen molar-refractivity contribution < 1.29 is 4.74 Å². The van der Waals surface area contributed by atoms with Gasteiger partial charge < -0.3 is 15.4 Å². The summed E-state index contributed by atoms with van der Waals surface area (Å²) >= 11 is 0. The van der Waals surface area contributed by atoms with Crippen molar-refractivity contribution >= 4 is 0 Å². The van der Waals surface area contributed by atoms with E-state index in [1.165, 1.54) is 11.1 Å². The Morgan fingerprint density at radius 2 is 1.04 bits per heavy atom. The van der Waals surface area contributed by atoms with Crippen molar-refractivity contribution in [2.75, 3.05) is 13.1 Å². The summed E-state index contributed by atoms with van der Waals surface area (Å²) in [6.07, 6.45) is -0.0326. The lowest BCUT2D eigenvalue weighted by Crippen LogP contribution is -2.48. The smallest absolute Gasteiger partial charge is 0.108 e. The lowest BCUT2D eigenvalue weighted by molar-refractivity contribution is 0.00341. The Bertz CT molecular complexity index is 599. The minimum atomic E-state index is -0.0825. The van der Waals surface area contributed by atoms with Crippen LogP contribution in [0, 0.1) is 0 Å². The third-order valence-electron chi connectivity index (χ3n) is 4.25. The van der Waals surface area contributed by atoms with Gasteiger partial charge in [0.05, 0.1) is 6.10 Å². The molecule has 3 heteroatoms. The average Bonchev–Trinajstić information content (AvgIpc) is 2.61. The highest BCUT2D eigenvalue weighted by Crippen LogP contribution is 2.27. The normalized spacial score (nSPS) is 12.7. The Labute approximate surface area is 165 Å². The predicted molar refractivity (Wildman–Crippen MR) is 115 cm³/mol. The van der Waals surface area contributed by atoms with Crippen LogP contribution in [0.5, 0.6) is 0 Å². The minimum absolute atomic E-state index is 0.0499. The van der Waals surface area contributed by atoms with Gasteiger partial charge in [-0.05, 0) is 52.7 Å². The van der Waals surface area contributed by atoms with Gasteiger partial charge in [-0.1, -0.05) is 60.7 Å². The number of rotatable bonds is 8. The summed E-state index contributed by atoms with van der Waals surface area (Å²) in [6, 6.07) is 21.0. The van der Waals surface area contributed by atoms with Crippen LogP contribution < -0.4 is 10.6 Å². The van der Waals surface area contributed by atoms with Gasteiger partial charge in [0, 0.05) is 24.2 Å². The number of benzene rings is 2. The maximum Gasteiger partial charge on any atom is 0.108 e. The van der Waals surface area contributed by atoms with Gasteiger partial charge in [0.1, 0.15) is 6.10 Å². The standard InChI is InChI=1S/C24H36N2O/c1-23(2,3)25-17-21(18-26-24(4,5)6)27-22(19-13-9-7-10-14-19)20-15-11-8-12-16-20/h7-16,21-22,25-26H,17-18H2,1-6H3. The van der Waals surface area contributed by atoms with Crippen LogP contribution in [0.15, 0.2) is 60.7 Å². The summed E-state index contributed by atoms with van der Waals surface area (Å²) in [4.78, 5) is 0. The molecule has 0 heterocycles. The van der Waals surface area contributed by atoms with Crippen LogP contribution in [0.25, 0.3) is 0 Å². The van der Waals surface area contributed by atoms with Crippen molar-refractivity contribution in [3.63, 3.8) is 0 Å². The lowest BCUT2D eigenvalue weighted by atomic mass is 10.0. The number of hydrogen-bond acceptors (Lipinski definition) is 3. The molecule has 0 aromatic heterocycles. The molecule has 0 atom stereocenters. The molecule has 0 aliphatic heterocycles. The molecule has 0 saturated heterocycles. The van der Waals surface area contributed by atoms with Crippen LogP contribution >= 0.6 is 0 Å². The molecule has 0 bridgehead atoms. The van der Waals surface area contributed by atoms with E-state index < -0.39 is 0 Å².